The van der Waals surface area contributed by atoms with E-state index in [4.69, 9.17) is 14.2 Å². The molecular weight excluding hydrogens is 877 g/mol. The molecule has 0 aliphatic heterocycles. The van der Waals surface area contributed by atoms with E-state index in [0.717, 1.165) is 128 Å². The molecule has 0 bridgehead atoms. The number of allylic oxidation sites excluding steroid dienone is 20. The summed E-state index contributed by atoms with van der Waals surface area (Å²) in [5, 5.41) is 0. The second-order valence-electron chi connectivity index (χ2n) is 18.8. The normalized spacial score (nSPS) is 13.0. The molecule has 0 spiro atoms. The van der Waals surface area contributed by atoms with Gasteiger partial charge in [0.25, 0.3) is 0 Å². The Labute approximate surface area is 437 Å². The topological polar surface area (TPSA) is 78.9 Å². The third-order valence-corrected chi connectivity index (χ3v) is 12.0. The first-order valence-corrected chi connectivity index (χ1v) is 29.0. The van der Waals surface area contributed by atoms with Crippen LogP contribution >= 0.6 is 0 Å². The molecule has 0 fully saturated rings. The van der Waals surface area contributed by atoms with E-state index < -0.39 is 6.10 Å². The van der Waals surface area contributed by atoms with E-state index in [1.54, 1.807) is 0 Å². The highest BCUT2D eigenvalue weighted by atomic mass is 16.6. The molecule has 0 saturated heterocycles. The van der Waals surface area contributed by atoms with Crippen molar-refractivity contribution in [3.05, 3.63) is 122 Å². The lowest BCUT2D eigenvalue weighted by Gasteiger charge is -2.18. The molecule has 0 radical (unpaired) electrons. The van der Waals surface area contributed by atoms with Gasteiger partial charge in [0, 0.05) is 19.3 Å². The van der Waals surface area contributed by atoms with Gasteiger partial charge in [-0.25, -0.2) is 0 Å². The molecule has 0 heterocycles. The van der Waals surface area contributed by atoms with Crippen molar-refractivity contribution in [2.75, 3.05) is 13.2 Å². The van der Waals surface area contributed by atoms with Crippen LogP contribution in [-0.4, -0.2) is 37.2 Å². The van der Waals surface area contributed by atoms with Gasteiger partial charge < -0.3 is 14.2 Å². The van der Waals surface area contributed by atoms with E-state index in [9.17, 15) is 14.4 Å². The largest absolute Gasteiger partial charge is 0.462 e. The molecule has 0 aliphatic carbocycles. The van der Waals surface area contributed by atoms with Crippen LogP contribution in [0.3, 0.4) is 0 Å². The van der Waals surface area contributed by atoms with Crippen LogP contribution in [0.15, 0.2) is 122 Å². The smallest absolute Gasteiger partial charge is 0.306 e. The molecule has 0 amide bonds. The summed E-state index contributed by atoms with van der Waals surface area (Å²) < 4.78 is 16.8. The molecule has 0 aromatic carbocycles. The third kappa shape index (κ3) is 56.6. The number of carbonyl (C=O) groups excluding carboxylic acids is 3. The van der Waals surface area contributed by atoms with Gasteiger partial charge in [0.2, 0.25) is 0 Å². The number of hydrogen-bond acceptors (Lipinski definition) is 6. The van der Waals surface area contributed by atoms with Gasteiger partial charge in [0.1, 0.15) is 13.2 Å². The molecule has 6 nitrogen and oxygen atoms in total. The van der Waals surface area contributed by atoms with E-state index in [1.165, 1.54) is 77.0 Å². The van der Waals surface area contributed by atoms with E-state index in [-0.39, 0.29) is 37.5 Å². The lowest BCUT2D eigenvalue weighted by atomic mass is 10.0. The molecule has 6 heteroatoms. The molecule has 0 aromatic heterocycles. The van der Waals surface area contributed by atoms with Crippen molar-refractivity contribution in [2.24, 2.45) is 0 Å². The van der Waals surface area contributed by atoms with Crippen LogP contribution in [-0.2, 0) is 28.6 Å². The van der Waals surface area contributed by atoms with Crippen LogP contribution in [0.25, 0.3) is 0 Å². The maximum atomic E-state index is 12.9. The summed E-state index contributed by atoms with van der Waals surface area (Å²) in [6, 6.07) is 0. The van der Waals surface area contributed by atoms with Crippen LogP contribution in [0.4, 0.5) is 0 Å². The van der Waals surface area contributed by atoms with E-state index in [0.29, 0.717) is 19.3 Å². The zero-order valence-electron chi connectivity index (χ0n) is 45.9. The van der Waals surface area contributed by atoms with Crippen molar-refractivity contribution >= 4 is 17.9 Å². The van der Waals surface area contributed by atoms with Crippen molar-refractivity contribution in [2.45, 2.75) is 258 Å². The van der Waals surface area contributed by atoms with Gasteiger partial charge >= 0.3 is 17.9 Å². The van der Waals surface area contributed by atoms with Crippen molar-refractivity contribution in [3.8, 4) is 0 Å². The number of esters is 3. The fourth-order valence-electron chi connectivity index (χ4n) is 7.67. The highest BCUT2D eigenvalue weighted by Gasteiger charge is 2.19. The summed E-state index contributed by atoms with van der Waals surface area (Å²) in [6.45, 7) is 6.36. The van der Waals surface area contributed by atoms with Crippen molar-refractivity contribution in [3.63, 3.8) is 0 Å². The number of ether oxygens (including phenoxy) is 3. The Morgan fingerprint density at radius 3 is 0.887 bits per heavy atom. The molecule has 0 saturated carbocycles. The SMILES string of the molecule is CC/C=C\C/C=C\C/C=C\C/C=C\C/C=C\C/C=C\CCCCC(=O)OCC(COC(=O)CCCCCCCCCCCCCCCCC)OC(=O)CCCCCC/C=C\C/C=C\C/C=C\C/C=C\CC. The molecule has 1 unspecified atom stereocenters. The number of rotatable bonds is 51. The van der Waals surface area contributed by atoms with Gasteiger partial charge in [0.15, 0.2) is 6.10 Å². The Kier molecular flexibility index (Phi) is 54.9. The van der Waals surface area contributed by atoms with Gasteiger partial charge in [-0.05, 0) is 109 Å². The second kappa shape index (κ2) is 58.4. The van der Waals surface area contributed by atoms with Gasteiger partial charge in [-0.3, -0.25) is 14.4 Å². The minimum absolute atomic E-state index is 0.103. The Bertz CT molecular complexity index is 1500. The Hall–Kier alpha value is -4.19. The van der Waals surface area contributed by atoms with Gasteiger partial charge in [-0.15, -0.1) is 0 Å². The maximum Gasteiger partial charge on any atom is 0.306 e. The van der Waals surface area contributed by atoms with Crippen molar-refractivity contribution in [1.29, 1.82) is 0 Å². The predicted octanol–water partition coefficient (Wildman–Crippen LogP) is 19.6. The number of carbonyl (C=O) groups is 3. The van der Waals surface area contributed by atoms with Crippen LogP contribution in [0.2, 0.25) is 0 Å². The fourth-order valence-corrected chi connectivity index (χ4v) is 7.67. The van der Waals surface area contributed by atoms with E-state index >= 15 is 0 Å². The molecule has 71 heavy (non-hydrogen) atoms. The molecule has 1 atom stereocenters. The zero-order valence-corrected chi connectivity index (χ0v) is 45.9. The molecular formula is C65H106O6. The molecule has 0 aromatic rings. The lowest BCUT2D eigenvalue weighted by molar-refractivity contribution is -0.167. The summed E-state index contributed by atoms with van der Waals surface area (Å²) in [5.74, 6) is -0.972. The summed E-state index contributed by atoms with van der Waals surface area (Å²) >= 11 is 0. The summed E-state index contributed by atoms with van der Waals surface area (Å²) in [5.41, 5.74) is 0. The quantitative estimate of drug-likeness (QED) is 0.0261. The predicted molar refractivity (Wildman–Crippen MR) is 306 cm³/mol. The first-order chi connectivity index (χ1) is 35.0. The van der Waals surface area contributed by atoms with E-state index in [2.05, 4.69) is 142 Å². The van der Waals surface area contributed by atoms with E-state index in [1.807, 2.05) is 0 Å². The average Bonchev–Trinajstić information content (AvgIpc) is 3.37. The zero-order chi connectivity index (χ0) is 51.4. The van der Waals surface area contributed by atoms with Crippen LogP contribution in [0.5, 0.6) is 0 Å². The second-order valence-corrected chi connectivity index (χ2v) is 18.8. The first kappa shape index (κ1) is 66.8. The van der Waals surface area contributed by atoms with Crippen LogP contribution in [0.1, 0.15) is 252 Å². The maximum absolute atomic E-state index is 12.9. The molecule has 0 aliphatic rings. The summed E-state index contributed by atoms with van der Waals surface area (Å²) in [4.78, 5) is 38.2. The monoisotopic (exact) mass is 983 g/mol. The average molecular weight is 984 g/mol. The van der Waals surface area contributed by atoms with Gasteiger partial charge in [0.05, 0.1) is 0 Å². The number of hydrogen-bond donors (Lipinski definition) is 0. The van der Waals surface area contributed by atoms with Gasteiger partial charge in [-0.2, -0.15) is 0 Å². The van der Waals surface area contributed by atoms with Gasteiger partial charge in [-0.1, -0.05) is 245 Å². The van der Waals surface area contributed by atoms with Crippen LogP contribution < -0.4 is 0 Å². The first-order valence-electron chi connectivity index (χ1n) is 29.0. The highest BCUT2D eigenvalue weighted by Crippen LogP contribution is 2.15. The Morgan fingerprint density at radius 1 is 0.296 bits per heavy atom. The summed E-state index contributed by atoms with van der Waals surface area (Å²) in [6.07, 6.45) is 80.4. The van der Waals surface area contributed by atoms with Crippen LogP contribution in [0, 0.1) is 0 Å². The fraction of sp³-hybridized carbons (Fsp3) is 0.646. The minimum Gasteiger partial charge on any atom is -0.462 e. The Balaban J connectivity index is 4.51. The third-order valence-electron chi connectivity index (χ3n) is 12.0. The Morgan fingerprint density at radius 2 is 0.549 bits per heavy atom. The standard InChI is InChI=1S/C65H106O6/c1-4-7-10-13-16-19-22-25-28-30-31-32-33-35-37-40-43-46-49-52-55-58-64(67)70-61-62(60-69-63(66)57-54-51-48-45-42-39-36-27-24-21-18-15-12-9-6-3)71-65(68)59-56-53-50-47-44-41-38-34-29-26-23-20-17-14-11-8-5-2/h7-8,10-11,16-17,19-20,25-26,28-29,31-32,35,37-38,41,43,46,62H,4-6,9,12-15,18,21-24,27,30,33-34,36,39-40,42,44-45,47-61H2,1-3H3/b10-7-,11-8-,19-16-,20-17-,28-25-,29-26-,32-31-,37-35-,41-38-,46-43-. The van der Waals surface area contributed by atoms with Crippen molar-refractivity contribution in [1.82, 2.24) is 0 Å². The molecule has 0 N–H and O–H groups in total. The highest BCUT2D eigenvalue weighted by molar-refractivity contribution is 5.71. The van der Waals surface area contributed by atoms with Crippen molar-refractivity contribution < 1.29 is 28.6 Å². The molecule has 0 rings (SSSR count). The minimum atomic E-state index is -0.812. The molecule has 402 valence electrons. The summed E-state index contributed by atoms with van der Waals surface area (Å²) in [7, 11) is 0. The number of unbranched alkanes of at least 4 members (excludes halogenated alkanes) is 20. The lowest BCUT2D eigenvalue weighted by Crippen LogP contribution is -2.30.